The summed E-state index contributed by atoms with van der Waals surface area (Å²) in [5.74, 6) is 0.218. The first-order valence-electron chi connectivity index (χ1n) is 10.1. The summed E-state index contributed by atoms with van der Waals surface area (Å²) < 4.78 is 1.80. The highest BCUT2D eigenvalue weighted by atomic mass is 35.5. The summed E-state index contributed by atoms with van der Waals surface area (Å²) in [7, 11) is 0. The molecule has 2 N–H and O–H groups in total. The molecule has 0 radical (unpaired) electrons. The highest BCUT2D eigenvalue weighted by Gasteiger charge is 2.54. The molecule has 31 heavy (non-hydrogen) atoms. The molecule has 0 fully saturated rings. The van der Waals surface area contributed by atoms with Gasteiger partial charge in [-0.05, 0) is 47.4 Å². The Labute approximate surface area is 189 Å². The van der Waals surface area contributed by atoms with E-state index in [1.165, 1.54) is 0 Å². The molecule has 2 unspecified atom stereocenters. The number of halogens is 2. The summed E-state index contributed by atoms with van der Waals surface area (Å²) in [5, 5.41) is 11.7. The van der Waals surface area contributed by atoms with Crippen LogP contribution in [0.5, 0.6) is 0 Å². The van der Waals surface area contributed by atoms with Crippen molar-refractivity contribution in [2.45, 2.75) is 31.7 Å². The van der Waals surface area contributed by atoms with Crippen LogP contribution in [0.4, 0.5) is 11.5 Å². The van der Waals surface area contributed by atoms with Gasteiger partial charge in [0.1, 0.15) is 11.2 Å². The molecule has 1 aromatic heterocycles. The van der Waals surface area contributed by atoms with E-state index in [2.05, 4.69) is 29.6 Å². The summed E-state index contributed by atoms with van der Waals surface area (Å²) in [6.45, 7) is 4.18. The van der Waals surface area contributed by atoms with E-state index in [9.17, 15) is 9.59 Å². The zero-order valence-electron chi connectivity index (χ0n) is 16.9. The molecule has 2 aliphatic rings. The summed E-state index contributed by atoms with van der Waals surface area (Å²) in [6.07, 6.45) is 1.69. The van der Waals surface area contributed by atoms with Gasteiger partial charge in [-0.2, -0.15) is 5.10 Å². The minimum Gasteiger partial charge on any atom is -0.325 e. The lowest BCUT2D eigenvalue weighted by Crippen LogP contribution is -2.43. The van der Waals surface area contributed by atoms with Gasteiger partial charge in [-0.3, -0.25) is 9.59 Å². The number of carbonyl (C=O) groups excluding carboxylic acids is 2. The van der Waals surface area contributed by atoms with E-state index >= 15 is 0 Å². The number of hydrogen-bond donors (Lipinski definition) is 2. The average molecular weight is 455 g/mol. The molecule has 2 aliphatic heterocycles. The van der Waals surface area contributed by atoms with Crippen LogP contribution in [-0.2, 0) is 15.0 Å². The monoisotopic (exact) mass is 454 g/mol. The van der Waals surface area contributed by atoms with Crippen molar-refractivity contribution >= 4 is 46.5 Å². The molecule has 5 rings (SSSR count). The van der Waals surface area contributed by atoms with E-state index < -0.39 is 5.41 Å². The maximum absolute atomic E-state index is 13.3. The Balaban J connectivity index is 1.71. The molecular formula is C23H20Cl2N4O2. The third-order valence-electron chi connectivity index (χ3n) is 6.12. The van der Waals surface area contributed by atoms with Crippen LogP contribution in [0.2, 0.25) is 10.0 Å². The van der Waals surface area contributed by atoms with Crippen molar-refractivity contribution in [2.24, 2.45) is 5.92 Å². The quantitative estimate of drug-likeness (QED) is 0.583. The van der Waals surface area contributed by atoms with E-state index in [1.807, 2.05) is 24.3 Å². The van der Waals surface area contributed by atoms with Crippen LogP contribution in [0.25, 0.3) is 0 Å². The third kappa shape index (κ3) is 2.97. The smallest absolute Gasteiger partial charge is 0.240 e. The van der Waals surface area contributed by atoms with Crippen LogP contribution in [-0.4, -0.2) is 21.6 Å². The number of aromatic nitrogens is 2. The first-order chi connectivity index (χ1) is 14.8. The summed E-state index contributed by atoms with van der Waals surface area (Å²) in [4.78, 5) is 26.1. The minimum atomic E-state index is -1.16. The van der Waals surface area contributed by atoms with E-state index in [0.29, 0.717) is 32.7 Å². The van der Waals surface area contributed by atoms with Gasteiger partial charge >= 0.3 is 0 Å². The van der Waals surface area contributed by atoms with Crippen molar-refractivity contribution in [1.82, 2.24) is 9.78 Å². The fraction of sp³-hybridized carbons (Fsp3) is 0.261. The zero-order valence-corrected chi connectivity index (χ0v) is 18.5. The largest absolute Gasteiger partial charge is 0.325 e. The van der Waals surface area contributed by atoms with Gasteiger partial charge in [-0.1, -0.05) is 49.2 Å². The van der Waals surface area contributed by atoms with Gasteiger partial charge in [0, 0.05) is 27.7 Å². The van der Waals surface area contributed by atoms with Crippen LogP contribution in [0, 0.1) is 5.92 Å². The van der Waals surface area contributed by atoms with Gasteiger partial charge < -0.3 is 10.6 Å². The standard InChI is InChI=1S/C23H20Cl2N4O2/c1-12(2)20(13-3-5-14(24)6-4-13)29-21-17(11-26-29)23(10-19(30)28-21)16-9-15(25)7-8-18(16)27-22(23)31/h3-9,11-12,20H,10H2,1-2H3,(H,27,31)(H,28,30). The Bertz CT molecular complexity index is 1220. The lowest BCUT2D eigenvalue weighted by molar-refractivity contribution is -0.125. The fourth-order valence-electron chi connectivity index (χ4n) is 4.76. The van der Waals surface area contributed by atoms with Gasteiger partial charge in [-0.25, -0.2) is 4.68 Å². The number of hydrogen-bond acceptors (Lipinski definition) is 3. The Morgan fingerprint density at radius 2 is 1.71 bits per heavy atom. The molecule has 0 aliphatic carbocycles. The Kier molecular flexibility index (Phi) is 4.61. The van der Waals surface area contributed by atoms with E-state index in [1.54, 1.807) is 29.1 Å². The first kappa shape index (κ1) is 20.1. The topological polar surface area (TPSA) is 76.0 Å². The summed E-state index contributed by atoms with van der Waals surface area (Å²) in [6, 6.07) is 12.7. The highest BCUT2D eigenvalue weighted by molar-refractivity contribution is 6.31. The van der Waals surface area contributed by atoms with E-state index in [-0.39, 0.29) is 30.2 Å². The van der Waals surface area contributed by atoms with Gasteiger partial charge in [0.15, 0.2) is 0 Å². The molecule has 3 heterocycles. The number of rotatable bonds is 3. The van der Waals surface area contributed by atoms with Crippen molar-refractivity contribution in [1.29, 1.82) is 0 Å². The van der Waals surface area contributed by atoms with Crippen molar-refractivity contribution in [3.8, 4) is 0 Å². The van der Waals surface area contributed by atoms with Crippen molar-refractivity contribution in [2.75, 3.05) is 10.6 Å². The number of nitrogens with one attached hydrogen (secondary N) is 2. The molecule has 8 heteroatoms. The second-order valence-electron chi connectivity index (χ2n) is 8.37. The minimum absolute atomic E-state index is 0.00183. The normalized spacial score (nSPS) is 20.4. The fourth-order valence-corrected chi connectivity index (χ4v) is 5.06. The number of amides is 2. The van der Waals surface area contributed by atoms with Crippen LogP contribution in [0.3, 0.4) is 0 Å². The second kappa shape index (κ2) is 7.11. The van der Waals surface area contributed by atoms with Crippen molar-refractivity contribution in [3.05, 3.63) is 75.4 Å². The number of nitrogens with zero attached hydrogens (tertiary/aromatic N) is 2. The molecule has 6 nitrogen and oxygen atoms in total. The molecule has 158 valence electrons. The lowest BCUT2D eigenvalue weighted by atomic mass is 9.72. The van der Waals surface area contributed by atoms with Crippen LogP contribution < -0.4 is 10.6 Å². The van der Waals surface area contributed by atoms with E-state index in [0.717, 1.165) is 5.56 Å². The van der Waals surface area contributed by atoms with Gasteiger partial charge in [-0.15, -0.1) is 0 Å². The zero-order chi connectivity index (χ0) is 21.9. The lowest BCUT2D eigenvalue weighted by Gasteiger charge is -2.33. The van der Waals surface area contributed by atoms with Crippen molar-refractivity contribution < 1.29 is 9.59 Å². The molecule has 2 amide bonds. The summed E-state index contributed by atoms with van der Waals surface area (Å²) >= 11 is 12.3. The molecule has 1 spiro atoms. The van der Waals surface area contributed by atoms with Crippen LogP contribution in [0.15, 0.2) is 48.7 Å². The highest BCUT2D eigenvalue weighted by Crippen LogP contribution is 2.51. The van der Waals surface area contributed by atoms with Crippen molar-refractivity contribution in [3.63, 3.8) is 0 Å². The van der Waals surface area contributed by atoms with Gasteiger partial charge in [0.2, 0.25) is 11.8 Å². The predicted molar refractivity (Wildman–Crippen MR) is 121 cm³/mol. The Hall–Kier alpha value is -2.83. The average Bonchev–Trinajstić information content (AvgIpc) is 3.24. The SMILES string of the molecule is CC(C)C(c1ccc(Cl)cc1)n1ncc2c1NC(=O)CC21C(=O)Nc2ccc(Cl)cc21. The maximum Gasteiger partial charge on any atom is 0.240 e. The van der Waals surface area contributed by atoms with Gasteiger partial charge in [0.05, 0.1) is 12.2 Å². The molecule has 2 atom stereocenters. The summed E-state index contributed by atoms with van der Waals surface area (Å²) in [5.41, 5.74) is 1.90. The molecule has 0 saturated carbocycles. The Morgan fingerprint density at radius 1 is 1.00 bits per heavy atom. The number of fused-ring (bicyclic) bond motifs is 4. The molecule has 0 saturated heterocycles. The second-order valence-corrected chi connectivity index (χ2v) is 9.24. The number of benzene rings is 2. The third-order valence-corrected chi connectivity index (χ3v) is 6.61. The molecular weight excluding hydrogens is 435 g/mol. The Morgan fingerprint density at radius 3 is 2.42 bits per heavy atom. The van der Waals surface area contributed by atoms with Crippen LogP contribution in [0.1, 0.15) is 43.0 Å². The van der Waals surface area contributed by atoms with Gasteiger partial charge in [0.25, 0.3) is 0 Å². The van der Waals surface area contributed by atoms with Crippen LogP contribution >= 0.6 is 23.2 Å². The number of anilines is 2. The van der Waals surface area contributed by atoms with E-state index in [4.69, 9.17) is 23.2 Å². The predicted octanol–water partition coefficient (Wildman–Crippen LogP) is 5.02. The maximum atomic E-state index is 13.3. The molecule has 2 aromatic carbocycles. The molecule has 0 bridgehead atoms. The molecule has 3 aromatic rings. The first-order valence-corrected chi connectivity index (χ1v) is 10.8. The number of carbonyl (C=O) groups is 2.